The highest BCUT2D eigenvalue weighted by Gasteiger charge is 2.24. The van der Waals surface area contributed by atoms with E-state index in [9.17, 15) is 4.79 Å². The molecular formula is C14H15NO2S. The first-order valence-corrected chi connectivity index (χ1v) is 7.02. The molecule has 0 aliphatic carbocycles. The molecule has 0 spiro atoms. The van der Waals surface area contributed by atoms with E-state index in [1.807, 2.05) is 30.5 Å². The molecule has 4 heteroatoms. The van der Waals surface area contributed by atoms with Crippen LogP contribution in [0.2, 0.25) is 0 Å². The number of aromatic amines is 1. The first-order valence-electron chi connectivity index (χ1n) is 6.21. The van der Waals surface area contributed by atoms with E-state index in [0.717, 1.165) is 42.0 Å². The van der Waals surface area contributed by atoms with Crippen molar-refractivity contribution in [1.29, 1.82) is 0 Å². The molecule has 1 fully saturated rings. The maximum Gasteiger partial charge on any atom is 0.223 e. The number of H-pyrrole nitrogens is 1. The monoisotopic (exact) mass is 261 g/mol. The van der Waals surface area contributed by atoms with Crippen LogP contribution in [0.25, 0.3) is 6.08 Å². The molecule has 0 amide bonds. The van der Waals surface area contributed by atoms with Gasteiger partial charge in [0.2, 0.25) is 5.12 Å². The topological polar surface area (TPSA) is 42.1 Å². The van der Waals surface area contributed by atoms with Gasteiger partial charge in [0.05, 0.1) is 6.10 Å². The van der Waals surface area contributed by atoms with Crippen molar-refractivity contribution in [3.63, 3.8) is 0 Å². The number of allylic oxidation sites excluding steroid dienone is 1. The van der Waals surface area contributed by atoms with Gasteiger partial charge in [0.1, 0.15) is 0 Å². The summed E-state index contributed by atoms with van der Waals surface area (Å²) in [5, 5.41) is 0.137. The van der Waals surface area contributed by atoms with Crippen LogP contribution in [0, 0.1) is 0 Å². The van der Waals surface area contributed by atoms with Crippen LogP contribution in [0.5, 0.6) is 0 Å². The molecule has 0 radical (unpaired) electrons. The molecule has 1 atom stereocenters. The molecule has 18 heavy (non-hydrogen) atoms. The molecular weight excluding hydrogens is 246 g/mol. The maximum atomic E-state index is 11.9. The summed E-state index contributed by atoms with van der Waals surface area (Å²) in [6.45, 7) is 0.863. The Hall–Kier alpha value is -1.26. The first-order chi connectivity index (χ1) is 8.81. The van der Waals surface area contributed by atoms with E-state index in [2.05, 4.69) is 4.98 Å². The maximum absolute atomic E-state index is 11.9. The molecule has 94 valence electrons. The van der Waals surface area contributed by atoms with E-state index in [0.29, 0.717) is 6.10 Å². The number of nitrogens with one attached hydrogen (secondary N) is 1. The summed E-state index contributed by atoms with van der Waals surface area (Å²) in [6.07, 6.45) is 9.19. The summed E-state index contributed by atoms with van der Waals surface area (Å²) < 4.78 is 5.60. The van der Waals surface area contributed by atoms with Crippen molar-refractivity contribution in [2.45, 2.75) is 25.4 Å². The zero-order chi connectivity index (χ0) is 12.4. The standard InChI is InChI=1S/C14H15NO2S/c16-14-10(7-11-3-1-5-15-11)8-13(18-14)9-12-4-2-6-17-12/h1,3,5,7-8,12,15H,2,4,6,9H2. The van der Waals surface area contributed by atoms with Gasteiger partial charge in [-0.3, -0.25) is 4.79 Å². The van der Waals surface area contributed by atoms with Crippen molar-refractivity contribution in [3.05, 3.63) is 40.6 Å². The third-order valence-corrected chi connectivity index (χ3v) is 4.13. The van der Waals surface area contributed by atoms with Crippen molar-refractivity contribution < 1.29 is 9.53 Å². The first kappa shape index (κ1) is 11.8. The van der Waals surface area contributed by atoms with Crippen LogP contribution in [-0.2, 0) is 9.53 Å². The average Bonchev–Trinajstić information content (AvgIpc) is 3.04. The van der Waals surface area contributed by atoms with Crippen LogP contribution in [0.4, 0.5) is 0 Å². The van der Waals surface area contributed by atoms with E-state index in [1.165, 1.54) is 11.8 Å². The fraction of sp³-hybridized carbons (Fsp3) is 0.357. The molecule has 2 aliphatic heterocycles. The predicted molar refractivity (Wildman–Crippen MR) is 73.0 cm³/mol. The molecule has 0 saturated carbocycles. The summed E-state index contributed by atoms with van der Waals surface area (Å²) in [6, 6.07) is 3.88. The van der Waals surface area contributed by atoms with E-state index >= 15 is 0 Å². The second-order valence-electron chi connectivity index (χ2n) is 4.56. The quantitative estimate of drug-likeness (QED) is 0.850. The van der Waals surface area contributed by atoms with E-state index in [-0.39, 0.29) is 5.12 Å². The lowest BCUT2D eigenvalue weighted by Gasteiger charge is -2.07. The molecule has 0 aromatic carbocycles. The lowest BCUT2D eigenvalue weighted by molar-refractivity contribution is -0.107. The Morgan fingerprint density at radius 1 is 1.56 bits per heavy atom. The number of thioether (sulfide) groups is 1. The summed E-state index contributed by atoms with van der Waals surface area (Å²) >= 11 is 1.34. The highest BCUT2D eigenvalue weighted by Crippen LogP contribution is 2.36. The number of rotatable bonds is 3. The Morgan fingerprint density at radius 3 is 3.22 bits per heavy atom. The number of hydrogen-bond donors (Lipinski definition) is 1. The molecule has 1 aromatic heterocycles. The zero-order valence-electron chi connectivity index (χ0n) is 10.0. The average molecular weight is 261 g/mol. The van der Waals surface area contributed by atoms with E-state index < -0.39 is 0 Å². The number of hydrogen-bond acceptors (Lipinski definition) is 3. The molecule has 3 nitrogen and oxygen atoms in total. The fourth-order valence-electron chi connectivity index (χ4n) is 2.27. The highest BCUT2D eigenvalue weighted by molar-refractivity contribution is 8.17. The van der Waals surface area contributed by atoms with Gasteiger partial charge in [0.15, 0.2) is 0 Å². The highest BCUT2D eigenvalue weighted by atomic mass is 32.2. The fourth-order valence-corrected chi connectivity index (χ4v) is 3.20. The molecule has 3 rings (SSSR count). The number of aromatic nitrogens is 1. The van der Waals surface area contributed by atoms with Crippen LogP contribution >= 0.6 is 11.8 Å². The third-order valence-electron chi connectivity index (χ3n) is 3.16. The Balaban J connectivity index is 1.72. The van der Waals surface area contributed by atoms with Gasteiger partial charge in [0, 0.05) is 30.5 Å². The molecule has 3 heterocycles. The minimum absolute atomic E-state index is 0.137. The van der Waals surface area contributed by atoms with Crippen LogP contribution in [0.3, 0.4) is 0 Å². The smallest absolute Gasteiger partial charge is 0.223 e. The van der Waals surface area contributed by atoms with Gasteiger partial charge in [-0.1, -0.05) is 11.8 Å². The van der Waals surface area contributed by atoms with Crippen molar-refractivity contribution in [1.82, 2.24) is 4.98 Å². The number of ether oxygens (including phenoxy) is 1. The molecule has 2 aliphatic rings. The van der Waals surface area contributed by atoms with Gasteiger partial charge in [-0.15, -0.1) is 0 Å². The Bertz CT molecular complexity index is 496. The van der Waals surface area contributed by atoms with Gasteiger partial charge >= 0.3 is 0 Å². The van der Waals surface area contributed by atoms with E-state index in [4.69, 9.17) is 4.74 Å². The number of carbonyl (C=O) groups excluding carboxylic acids is 1. The zero-order valence-corrected chi connectivity index (χ0v) is 10.8. The Kier molecular flexibility index (Phi) is 3.39. The number of carbonyl (C=O) groups is 1. The summed E-state index contributed by atoms with van der Waals surface area (Å²) in [7, 11) is 0. The Morgan fingerprint density at radius 2 is 2.50 bits per heavy atom. The summed E-state index contributed by atoms with van der Waals surface area (Å²) in [5.41, 5.74) is 1.74. The van der Waals surface area contributed by atoms with Gasteiger partial charge < -0.3 is 9.72 Å². The van der Waals surface area contributed by atoms with Crippen LogP contribution in [0.15, 0.2) is 34.9 Å². The van der Waals surface area contributed by atoms with Crippen LogP contribution in [0.1, 0.15) is 25.0 Å². The summed E-state index contributed by atoms with van der Waals surface area (Å²) in [5.74, 6) is 0. The molecule has 1 saturated heterocycles. The van der Waals surface area contributed by atoms with Crippen molar-refractivity contribution in [3.8, 4) is 0 Å². The van der Waals surface area contributed by atoms with Crippen molar-refractivity contribution >= 4 is 23.0 Å². The van der Waals surface area contributed by atoms with Gasteiger partial charge in [-0.25, -0.2) is 0 Å². The van der Waals surface area contributed by atoms with Gasteiger partial charge in [-0.2, -0.15) is 0 Å². The normalized spacial score (nSPS) is 26.0. The van der Waals surface area contributed by atoms with Gasteiger partial charge in [-0.05, 0) is 42.0 Å². The third kappa shape index (κ3) is 2.60. The molecule has 0 bridgehead atoms. The second kappa shape index (κ2) is 5.16. The predicted octanol–water partition coefficient (Wildman–Crippen LogP) is 3.12. The largest absolute Gasteiger partial charge is 0.378 e. The minimum Gasteiger partial charge on any atom is -0.378 e. The Labute approximate surface area is 110 Å². The van der Waals surface area contributed by atoms with Crippen molar-refractivity contribution in [2.24, 2.45) is 0 Å². The molecule has 1 aromatic rings. The van der Waals surface area contributed by atoms with Gasteiger partial charge in [0.25, 0.3) is 0 Å². The SMILES string of the molecule is O=C1SC(CC2CCCO2)=CC1=Cc1ccc[nH]1. The van der Waals surface area contributed by atoms with Crippen molar-refractivity contribution in [2.75, 3.05) is 6.61 Å². The lowest BCUT2D eigenvalue weighted by atomic mass is 10.1. The molecule has 1 unspecified atom stereocenters. The lowest BCUT2D eigenvalue weighted by Crippen LogP contribution is -2.04. The molecule has 1 N–H and O–H groups in total. The van der Waals surface area contributed by atoms with E-state index in [1.54, 1.807) is 0 Å². The van der Waals surface area contributed by atoms with Crippen LogP contribution in [-0.4, -0.2) is 22.8 Å². The second-order valence-corrected chi connectivity index (χ2v) is 5.66. The van der Waals surface area contributed by atoms with Crippen LogP contribution < -0.4 is 0 Å². The summed E-state index contributed by atoms with van der Waals surface area (Å²) in [4.78, 5) is 16.1. The minimum atomic E-state index is 0.137.